The molecule has 1 aliphatic heterocycles. The van der Waals surface area contributed by atoms with Gasteiger partial charge in [0, 0.05) is 25.2 Å². The van der Waals surface area contributed by atoms with Crippen LogP contribution in [-0.2, 0) is 0 Å². The Bertz CT molecular complexity index is 249. The Morgan fingerprint density at radius 1 is 1.12 bits per heavy atom. The predicted octanol–water partition coefficient (Wildman–Crippen LogP) is 1.37. The molecule has 2 saturated carbocycles. The molecular formula is C14H26N2O. The third-order valence-electron chi connectivity index (χ3n) is 4.96. The summed E-state index contributed by atoms with van der Waals surface area (Å²) >= 11 is 0. The second-order valence-electron chi connectivity index (χ2n) is 6.46. The second-order valence-corrected chi connectivity index (χ2v) is 6.46. The van der Waals surface area contributed by atoms with E-state index in [4.69, 9.17) is 5.11 Å². The highest BCUT2D eigenvalue weighted by molar-refractivity contribution is 5.02. The summed E-state index contributed by atoms with van der Waals surface area (Å²) < 4.78 is 0. The first kappa shape index (κ1) is 11.9. The minimum absolute atomic E-state index is 0.342. The van der Waals surface area contributed by atoms with Crippen molar-refractivity contribution in [2.24, 2.45) is 5.41 Å². The molecule has 0 unspecified atom stereocenters. The summed E-state index contributed by atoms with van der Waals surface area (Å²) in [6.07, 6.45) is 9.41. The summed E-state index contributed by atoms with van der Waals surface area (Å²) in [4.78, 5) is 2.53. The molecule has 3 aliphatic rings. The number of nitrogens with zero attached hydrogens (tertiary/aromatic N) is 1. The average molecular weight is 238 g/mol. The maximum Gasteiger partial charge on any atom is 0.0443 e. The summed E-state index contributed by atoms with van der Waals surface area (Å²) in [5.41, 5.74) is 0.697. The third-order valence-corrected chi connectivity index (χ3v) is 4.96. The lowest BCUT2D eigenvalue weighted by atomic mass is 9.60. The number of hydrogen-bond donors (Lipinski definition) is 2. The van der Waals surface area contributed by atoms with Crippen LogP contribution in [-0.4, -0.2) is 48.3 Å². The number of nitrogens with one attached hydrogen (secondary N) is 1. The zero-order valence-electron chi connectivity index (χ0n) is 10.8. The highest BCUT2D eigenvalue weighted by Crippen LogP contribution is 2.49. The maximum atomic E-state index is 8.85. The number of aliphatic hydroxyl groups excluding tert-OH is 1. The molecule has 3 heteroatoms. The molecule has 0 aromatic heterocycles. The summed E-state index contributed by atoms with van der Waals surface area (Å²) in [7, 11) is 0. The number of likely N-dealkylation sites (tertiary alicyclic amines) is 1. The molecule has 1 spiro atoms. The van der Waals surface area contributed by atoms with Crippen molar-refractivity contribution in [3.05, 3.63) is 0 Å². The van der Waals surface area contributed by atoms with Crippen molar-refractivity contribution in [3.8, 4) is 0 Å². The van der Waals surface area contributed by atoms with Gasteiger partial charge in [0.1, 0.15) is 0 Å². The molecule has 98 valence electrons. The topological polar surface area (TPSA) is 35.5 Å². The van der Waals surface area contributed by atoms with Gasteiger partial charge in [-0.05, 0) is 63.5 Å². The lowest BCUT2D eigenvalue weighted by molar-refractivity contribution is 0.00438. The molecule has 0 radical (unpaired) electrons. The van der Waals surface area contributed by atoms with Crippen LogP contribution < -0.4 is 5.32 Å². The molecule has 0 bridgehead atoms. The molecule has 3 nitrogen and oxygen atoms in total. The molecule has 17 heavy (non-hydrogen) atoms. The molecular weight excluding hydrogens is 212 g/mol. The molecule has 0 aromatic rings. The van der Waals surface area contributed by atoms with Crippen LogP contribution in [0.4, 0.5) is 0 Å². The van der Waals surface area contributed by atoms with Crippen molar-refractivity contribution in [1.29, 1.82) is 0 Å². The van der Waals surface area contributed by atoms with E-state index in [9.17, 15) is 0 Å². The molecule has 0 aromatic carbocycles. The van der Waals surface area contributed by atoms with Crippen molar-refractivity contribution in [1.82, 2.24) is 10.2 Å². The van der Waals surface area contributed by atoms with Gasteiger partial charge < -0.3 is 15.3 Å². The fourth-order valence-corrected chi connectivity index (χ4v) is 3.64. The second kappa shape index (κ2) is 4.87. The van der Waals surface area contributed by atoms with E-state index in [0.29, 0.717) is 12.0 Å². The van der Waals surface area contributed by atoms with E-state index in [0.717, 1.165) is 25.0 Å². The Labute approximate surface area is 105 Å². The first-order valence-corrected chi connectivity index (χ1v) is 7.39. The minimum Gasteiger partial charge on any atom is -0.396 e. The van der Waals surface area contributed by atoms with Gasteiger partial charge in [-0.1, -0.05) is 0 Å². The molecule has 3 rings (SSSR count). The molecule has 2 N–H and O–H groups in total. The fraction of sp³-hybridized carbons (Fsp3) is 1.00. The highest BCUT2D eigenvalue weighted by atomic mass is 16.3. The summed E-state index contributed by atoms with van der Waals surface area (Å²) in [5.74, 6) is 0. The van der Waals surface area contributed by atoms with Gasteiger partial charge in [-0.15, -0.1) is 0 Å². The van der Waals surface area contributed by atoms with E-state index in [1.807, 2.05) is 0 Å². The van der Waals surface area contributed by atoms with Gasteiger partial charge in [-0.2, -0.15) is 0 Å². The van der Waals surface area contributed by atoms with Gasteiger partial charge in [0.25, 0.3) is 0 Å². The SMILES string of the molecule is OCCCN1CCC2(CC1)CC(NC1CC1)C2. The first-order chi connectivity index (χ1) is 8.30. The number of aliphatic hydroxyl groups is 1. The summed E-state index contributed by atoms with van der Waals surface area (Å²) in [6, 6.07) is 1.72. The smallest absolute Gasteiger partial charge is 0.0443 e. The molecule has 3 fully saturated rings. The van der Waals surface area contributed by atoms with Crippen LogP contribution in [0.5, 0.6) is 0 Å². The van der Waals surface area contributed by atoms with Gasteiger partial charge in [0.2, 0.25) is 0 Å². The van der Waals surface area contributed by atoms with Crippen molar-refractivity contribution in [2.45, 2.75) is 57.0 Å². The molecule has 1 heterocycles. The Kier molecular flexibility index (Phi) is 3.42. The summed E-state index contributed by atoms with van der Waals surface area (Å²) in [6.45, 7) is 3.96. The first-order valence-electron chi connectivity index (χ1n) is 7.39. The van der Waals surface area contributed by atoms with Gasteiger partial charge in [0.05, 0.1) is 0 Å². The van der Waals surface area contributed by atoms with E-state index in [1.54, 1.807) is 0 Å². The Hall–Kier alpha value is -0.120. The lowest BCUT2D eigenvalue weighted by Gasteiger charge is -2.52. The predicted molar refractivity (Wildman–Crippen MR) is 69.0 cm³/mol. The summed E-state index contributed by atoms with van der Waals surface area (Å²) in [5, 5.41) is 12.6. The quantitative estimate of drug-likeness (QED) is 0.759. The van der Waals surface area contributed by atoms with Crippen LogP contribution in [0, 0.1) is 5.41 Å². The average Bonchev–Trinajstić information content (AvgIpc) is 3.10. The van der Waals surface area contributed by atoms with Gasteiger partial charge in [-0.25, -0.2) is 0 Å². The van der Waals surface area contributed by atoms with E-state index in [-0.39, 0.29) is 0 Å². The van der Waals surface area contributed by atoms with Crippen LogP contribution >= 0.6 is 0 Å². The largest absolute Gasteiger partial charge is 0.396 e. The van der Waals surface area contributed by atoms with Crippen molar-refractivity contribution in [3.63, 3.8) is 0 Å². The van der Waals surface area contributed by atoms with Gasteiger partial charge in [-0.3, -0.25) is 0 Å². The van der Waals surface area contributed by atoms with Crippen LogP contribution in [0.2, 0.25) is 0 Å². The number of piperidine rings is 1. The number of rotatable bonds is 5. The normalized spacial score (nSPS) is 29.5. The monoisotopic (exact) mass is 238 g/mol. The molecule has 0 atom stereocenters. The standard InChI is InChI=1S/C14H26N2O/c17-9-1-6-16-7-4-14(5-8-16)10-13(11-14)15-12-2-3-12/h12-13,15,17H,1-11H2. The van der Waals surface area contributed by atoms with Crippen LogP contribution in [0.15, 0.2) is 0 Å². The van der Waals surface area contributed by atoms with Crippen molar-refractivity contribution >= 4 is 0 Å². The van der Waals surface area contributed by atoms with Gasteiger partial charge >= 0.3 is 0 Å². The van der Waals surface area contributed by atoms with Crippen LogP contribution in [0.1, 0.15) is 44.9 Å². The fourth-order valence-electron chi connectivity index (χ4n) is 3.64. The Morgan fingerprint density at radius 3 is 2.41 bits per heavy atom. The maximum absolute atomic E-state index is 8.85. The highest BCUT2D eigenvalue weighted by Gasteiger charge is 2.46. The Morgan fingerprint density at radius 2 is 1.82 bits per heavy atom. The lowest BCUT2D eigenvalue weighted by Crippen LogP contribution is -2.54. The zero-order chi connectivity index (χ0) is 11.7. The van der Waals surface area contributed by atoms with E-state index in [2.05, 4.69) is 10.2 Å². The van der Waals surface area contributed by atoms with Crippen molar-refractivity contribution < 1.29 is 5.11 Å². The third kappa shape index (κ3) is 2.83. The molecule has 2 aliphatic carbocycles. The van der Waals surface area contributed by atoms with Crippen LogP contribution in [0.3, 0.4) is 0 Å². The van der Waals surface area contributed by atoms with Crippen molar-refractivity contribution in [2.75, 3.05) is 26.2 Å². The number of hydrogen-bond acceptors (Lipinski definition) is 3. The minimum atomic E-state index is 0.342. The van der Waals surface area contributed by atoms with E-state index >= 15 is 0 Å². The van der Waals surface area contributed by atoms with E-state index < -0.39 is 0 Å². The van der Waals surface area contributed by atoms with E-state index in [1.165, 1.54) is 51.6 Å². The zero-order valence-corrected chi connectivity index (χ0v) is 10.8. The van der Waals surface area contributed by atoms with Gasteiger partial charge in [0.15, 0.2) is 0 Å². The molecule has 1 saturated heterocycles. The Balaban J connectivity index is 1.37. The molecule has 0 amide bonds. The van der Waals surface area contributed by atoms with Crippen LogP contribution in [0.25, 0.3) is 0 Å².